The standard InChI is InChI=1S/C15H22N4O4/c20-13(12-8-16-15(22)18-14(12)21)17-10-3-5-19(6-4-10)9-11-2-1-7-23-11/h8,10-11H,1-7,9H2,(H,17,20)(H2,16,18,21,22). The molecule has 2 aliphatic rings. The molecule has 8 heteroatoms. The van der Waals surface area contributed by atoms with Gasteiger partial charge in [0.2, 0.25) is 0 Å². The quantitative estimate of drug-likeness (QED) is 0.688. The van der Waals surface area contributed by atoms with Crippen molar-refractivity contribution in [3.63, 3.8) is 0 Å². The molecule has 1 amide bonds. The average Bonchev–Trinajstić information content (AvgIpc) is 3.02. The summed E-state index contributed by atoms with van der Waals surface area (Å²) in [6.07, 6.45) is 5.47. The van der Waals surface area contributed by atoms with E-state index in [1.807, 2.05) is 0 Å². The number of carbonyl (C=O) groups is 1. The first-order valence-electron chi connectivity index (χ1n) is 8.08. The minimum atomic E-state index is -0.665. The molecule has 2 aliphatic heterocycles. The maximum atomic E-state index is 12.1. The van der Waals surface area contributed by atoms with Gasteiger partial charge in [-0.05, 0) is 25.7 Å². The van der Waals surface area contributed by atoms with Crippen LogP contribution in [-0.2, 0) is 4.74 Å². The van der Waals surface area contributed by atoms with Gasteiger partial charge >= 0.3 is 5.69 Å². The van der Waals surface area contributed by atoms with E-state index < -0.39 is 17.2 Å². The van der Waals surface area contributed by atoms with Gasteiger partial charge in [-0.3, -0.25) is 14.6 Å². The third-order valence-corrected chi connectivity index (χ3v) is 4.47. The van der Waals surface area contributed by atoms with Crippen molar-refractivity contribution in [2.24, 2.45) is 0 Å². The summed E-state index contributed by atoms with van der Waals surface area (Å²) >= 11 is 0. The Morgan fingerprint density at radius 1 is 1.30 bits per heavy atom. The highest BCUT2D eigenvalue weighted by Gasteiger charge is 2.25. The number of carbonyl (C=O) groups excluding carboxylic acids is 1. The van der Waals surface area contributed by atoms with Gasteiger partial charge in [0.05, 0.1) is 6.10 Å². The first-order valence-corrected chi connectivity index (χ1v) is 8.08. The molecule has 1 aromatic heterocycles. The van der Waals surface area contributed by atoms with Crippen LogP contribution in [0.3, 0.4) is 0 Å². The highest BCUT2D eigenvalue weighted by Crippen LogP contribution is 2.17. The number of piperidine rings is 1. The van der Waals surface area contributed by atoms with Gasteiger partial charge in [-0.2, -0.15) is 0 Å². The maximum absolute atomic E-state index is 12.1. The molecule has 0 aliphatic carbocycles. The molecule has 0 saturated carbocycles. The first kappa shape index (κ1) is 15.9. The van der Waals surface area contributed by atoms with Crippen LogP contribution in [-0.4, -0.2) is 59.2 Å². The van der Waals surface area contributed by atoms with E-state index in [1.165, 1.54) is 0 Å². The van der Waals surface area contributed by atoms with Gasteiger partial charge in [-0.15, -0.1) is 0 Å². The Labute approximate surface area is 133 Å². The third-order valence-electron chi connectivity index (χ3n) is 4.47. The lowest BCUT2D eigenvalue weighted by Gasteiger charge is -2.33. The second-order valence-electron chi connectivity index (χ2n) is 6.17. The maximum Gasteiger partial charge on any atom is 0.325 e. The van der Waals surface area contributed by atoms with Crippen LogP contribution in [0.2, 0.25) is 0 Å². The summed E-state index contributed by atoms with van der Waals surface area (Å²) < 4.78 is 5.65. The molecule has 0 radical (unpaired) electrons. The fraction of sp³-hybridized carbons (Fsp3) is 0.667. The van der Waals surface area contributed by atoms with Crippen molar-refractivity contribution in [3.8, 4) is 0 Å². The molecule has 2 fully saturated rings. The minimum absolute atomic E-state index is 0.0505. The zero-order chi connectivity index (χ0) is 16.2. The number of hydrogen-bond acceptors (Lipinski definition) is 5. The first-order chi connectivity index (χ1) is 11.1. The number of rotatable bonds is 4. The van der Waals surface area contributed by atoms with Crippen LogP contribution < -0.4 is 16.6 Å². The molecule has 8 nitrogen and oxygen atoms in total. The van der Waals surface area contributed by atoms with E-state index in [2.05, 4.69) is 20.2 Å². The van der Waals surface area contributed by atoms with Crippen molar-refractivity contribution >= 4 is 5.91 Å². The molecule has 0 bridgehead atoms. The van der Waals surface area contributed by atoms with E-state index in [-0.39, 0.29) is 11.6 Å². The number of nitrogens with one attached hydrogen (secondary N) is 3. The number of H-pyrrole nitrogens is 2. The van der Waals surface area contributed by atoms with Gasteiger partial charge in [-0.25, -0.2) is 4.79 Å². The number of hydrogen-bond donors (Lipinski definition) is 3. The van der Waals surface area contributed by atoms with Crippen LogP contribution in [0.1, 0.15) is 36.0 Å². The van der Waals surface area contributed by atoms with Crippen LogP contribution in [0.15, 0.2) is 15.8 Å². The lowest BCUT2D eigenvalue weighted by Crippen LogP contribution is -2.47. The molecule has 126 valence electrons. The normalized spacial score (nSPS) is 23.0. The molecular weight excluding hydrogens is 300 g/mol. The molecule has 3 N–H and O–H groups in total. The van der Waals surface area contributed by atoms with Crippen LogP contribution in [0.4, 0.5) is 0 Å². The molecule has 1 atom stereocenters. The predicted molar refractivity (Wildman–Crippen MR) is 83.6 cm³/mol. The van der Waals surface area contributed by atoms with E-state index in [9.17, 15) is 14.4 Å². The van der Waals surface area contributed by atoms with E-state index in [1.54, 1.807) is 0 Å². The number of nitrogens with zero attached hydrogens (tertiary/aromatic N) is 1. The Bertz CT molecular complexity index is 654. The summed E-state index contributed by atoms with van der Waals surface area (Å²) in [7, 11) is 0. The topological polar surface area (TPSA) is 107 Å². The van der Waals surface area contributed by atoms with Crippen molar-refractivity contribution in [3.05, 3.63) is 32.6 Å². The van der Waals surface area contributed by atoms with Crippen LogP contribution in [0, 0.1) is 0 Å². The number of aromatic nitrogens is 2. The minimum Gasteiger partial charge on any atom is -0.377 e. The molecule has 23 heavy (non-hydrogen) atoms. The monoisotopic (exact) mass is 322 g/mol. The van der Waals surface area contributed by atoms with E-state index in [0.29, 0.717) is 6.10 Å². The molecule has 3 rings (SSSR count). The Hall–Kier alpha value is -1.93. The lowest BCUT2D eigenvalue weighted by molar-refractivity contribution is 0.0612. The summed E-state index contributed by atoms with van der Waals surface area (Å²) in [5.74, 6) is -0.444. The van der Waals surface area contributed by atoms with Crippen LogP contribution >= 0.6 is 0 Å². The number of ether oxygens (including phenoxy) is 1. The smallest absolute Gasteiger partial charge is 0.325 e. The zero-order valence-corrected chi connectivity index (χ0v) is 13.0. The SMILES string of the molecule is O=C(NC1CCN(CC2CCCO2)CC1)c1c[nH]c(=O)[nH]c1=O. The summed E-state index contributed by atoms with van der Waals surface area (Å²) in [4.78, 5) is 41.4. The fourth-order valence-electron chi connectivity index (χ4n) is 3.18. The zero-order valence-electron chi connectivity index (χ0n) is 13.0. The highest BCUT2D eigenvalue weighted by atomic mass is 16.5. The highest BCUT2D eigenvalue weighted by molar-refractivity contribution is 5.93. The summed E-state index contributed by atoms with van der Waals surface area (Å²) in [6.45, 7) is 3.64. The molecule has 1 unspecified atom stereocenters. The summed E-state index contributed by atoms with van der Waals surface area (Å²) in [6, 6.07) is 0.0505. The Morgan fingerprint density at radius 2 is 2.09 bits per heavy atom. The van der Waals surface area contributed by atoms with Gasteiger partial charge in [0, 0.05) is 38.5 Å². The molecular formula is C15H22N4O4. The molecule has 0 spiro atoms. The Balaban J connectivity index is 1.49. The van der Waals surface area contributed by atoms with Crippen LogP contribution in [0.25, 0.3) is 0 Å². The van der Waals surface area contributed by atoms with Gasteiger partial charge < -0.3 is 19.9 Å². The van der Waals surface area contributed by atoms with Gasteiger partial charge in [0.25, 0.3) is 11.5 Å². The Kier molecular flexibility index (Phi) is 4.92. The van der Waals surface area contributed by atoms with E-state index >= 15 is 0 Å². The second-order valence-corrected chi connectivity index (χ2v) is 6.17. The van der Waals surface area contributed by atoms with Crippen LogP contribution in [0.5, 0.6) is 0 Å². The largest absolute Gasteiger partial charge is 0.377 e. The van der Waals surface area contributed by atoms with Gasteiger partial charge in [-0.1, -0.05) is 0 Å². The summed E-state index contributed by atoms with van der Waals surface area (Å²) in [5, 5.41) is 2.87. The molecule has 0 aromatic carbocycles. The number of likely N-dealkylation sites (tertiary alicyclic amines) is 1. The molecule has 1 aromatic rings. The van der Waals surface area contributed by atoms with E-state index in [4.69, 9.17) is 4.74 Å². The van der Waals surface area contributed by atoms with Crippen molar-refractivity contribution in [1.29, 1.82) is 0 Å². The van der Waals surface area contributed by atoms with E-state index in [0.717, 1.165) is 58.1 Å². The predicted octanol–water partition coefficient (Wildman–Crippen LogP) is -0.564. The fourth-order valence-corrected chi connectivity index (χ4v) is 3.18. The van der Waals surface area contributed by atoms with Gasteiger partial charge in [0.15, 0.2) is 0 Å². The number of amides is 1. The van der Waals surface area contributed by atoms with Crippen molar-refractivity contribution in [1.82, 2.24) is 20.2 Å². The van der Waals surface area contributed by atoms with Crippen molar-refractivity contribution in [2.75, 3.05) is 26.2 Å². The lowest BCUT2D eigenvalue weighted by atomic mass is 10.0. The van der Waals surface area contributed by atoms with Gasteiger partial charge in [0.1, 0.15) is 5.56 Å². The number of aromatic amines is 2. The summed E-state index contributed by atoms with van der Waals surface area (Å²) in [5.41, 5.74) is -1.34. The third kappa shape index (κ3) is 4.08. The Morgan fingerprint density at radius 3 is 2.74 bits per heavy atom. The molecule has 2 saturated heterocycles. The average molecular weight is 322 g/mol. The van der Waals surface area contributed by atoms with Crippen molar-refractivity contribution < 1.29 is 9.53 Å². The second kappa shape index (κ2) is 7.10. The molecule has 3 heterocycles. The van der Waals surface area contributed by atoms with Crippen molar-refractivity contribution in [2.45, 2.75) is 37.8 Å².